The minimum absolute atomic E-state index is 0.0113. The van der Waals surface area contributed by atoms with E-state index in [2.05, 4.69) is 4.98 Å². The summed E-state index contributed by atoms with van der Waals surface area (Å²) in [4.78, 5) is 18.3. The average Bonchev–Trinajstić information content (AvgIpc) is 2.92. The van der Waals surface area contributed by atoms with E-state index in [4.69, 9.17) is 10.8 Å². The van der Waals surface area contributed by atoms with Crippen LogP contribution >= 0.6 is 0 Å². The smallest absolute Gasteiger partial charge is 0.228 e. The molecule has 1 amide bonds. The lowest BCUT2D eigenvalue weighted by Crippen LogP contribution is -2.41. The van der Waals surface area contributed by atoms with Crippen LogP contribution in [0.3, 0.4) is 0 Å². The van der Waals surface area contributed by atoms with Crippen molar-refractivity contribution in [2.45, 2.75) is 38.1 Å². The first kappa shape index (κ1) is 13.8. The highest BCUT2D eigenvalue weighted by Gasteiger charge is 2.26. The van der Waals surface area contributed by atoms with Gasteiger partial charge in [-0.25, -0.2) is 0 Å². The third kappa shape index (κ3) is 3.67. The van der Waals surface area contributed by atoms with Crippen LogP contribution in [0.1, 0.15) is 31.4 Å². The molecule has 1 aromatic rings. The Balaban J connectivity index is 2.00. The fraction of sp³-hybridized carbons (Fsp3) is 0.571. The highest BCUT2D eigenvalue weighted by atomic mass is 16.3. The SMILES string of the molecule is Nc1ccc(CC(=O)N(CCO)C2CCCC2)nc1. The summed E-state index contributed by atoms with van der Waals surface area (Å²) < 4.78 is 0. The van der Waals surface area contributed by atoms with Gasteiger partial charge in [-0.3, -0.25) is 9.78 Å². The Kier molecular flexibility index (Phi) is 4.74. The minimum Gasteiger partial charge on any atom is -0.397 e. The van der Waals surface area contributed by atoms with E-state index >= 15 is 0 Å². The second-order valence-corrected chi connectivity index (χ2v) is 5.01. The zero-order valence-electron chi connectivity index (χ0n) is 11.1. The fourth-order valence-electron chi connectivity index (χ4n) is 2.63. The summed E-state index contributed by atoms with van der Waals surface area (Å²) in [5, 5.41) is 9.12. The van der Waals surface area contributed by atoms with Crippen molar-refractivity contribution in [2.24, 2.45) is 0 Å². The number of carbonyl (C=O) groups excluding carboxylic acids is 1. The van der Waals surface area contributed by atoms with Gasteiger partial charge >= 0.3 is 0 Å². The maximum absolute atomic E-state index is 12.3. The van der Waals surface area contributed by atoms with E-state index in [1.165, 1.54) is 12.8 Å². The molecule has 1 heterocycles. The molecule has 1 aliphatic rings. The van der Waals surface area contributed by atoms with Crippen LogP contribution in [-0.2, 0) is 11.2 Å². The number of aromatic nitrogens is 1. The number of carbonyl (C=O) groups is 1. The third-order valence-electron chi connectivity index (χ3n) is 3.61. The zero-order chi connectivity index (χ0) is 13.7. The van der Waals surface area contributed by atoms with Gasteiger partial charge in [0.05, 0.1) is 24.9 Å². The number of aliphatic hydroxyl groups is 1. The number of anilines is 1. The third-order valence-corrected chi connectivity index (χ3v) is 3.61. The standard InChI is InChI=1S/C14H21N3O2/c15-11-5-6-12(16-10-11)9-14(19)17(7-8-18)13-3-1-2-4-13/h5-6,10,13,18H,1-4,7-9,15H2. The molecule has 0 aromatic carbocycles. The Morgan fingerprint density at radius 2 is 2.16 bits per heavy atom. The molecule has 0 aliphatic heterocycles. The average molecular weight is 263 g/mol. The summed E-state index contributed by atoms with van der Waals surface area (Å²) in [6.45, 7) is 0.426. The number of hydrogen-bond acceptors (Lipinski definition) is 4. The molecule has 1 fully saturated rings. The summed E-state index contributed by atoms with van der Waals surface area (Å²) in [5.41, 5.74) is 6.89. The first-order valence-corrected chi connectivity index (χ1v) is 6.81. The van der Waals surface area contributed by atoms with Gasteiger partial charge in [-0.05, 0) is 25.0 Å². The fourth-order valence-corrected chi connectivity index (χ4v) is 2.63. The molecular weight excluding hydrogens is 242 g/mol. The van der Waals surface area contributed by atoms with Gasteiger partial charge < -0.3 is 15.7 Å². The van der Waals surface area contributed by atoms with Crippen LogP contribution in [0.2, 0.25) is 0 Å². The lowest BCUT2D eigenvalue weighted by Gasteiger charge is -2.28. The van der Waals surface area contributed by atoms with Gasteiger partial charge in [-0.1, -0.05) is 12.8 Å². The minimum atomic E-state index is 0.0113. The Hall–Kier alpha value is -1.62. The lowest BCUT2D eigenvalue weighted by molar-refractivity contribution is -0.133. The first-order valence-electron chi connectivity index (χ1n) is 6.81. The molecule has 19 heavy (non-hydrogen) atoms. The Labute approximate surface area is 113 Å². The van der Waals surface area contributed by atoms with E-state index in [0.29, 0.717) is 12.2 Å². The molecule has 0 atom stereocenters. The molecule has 0 bridgehead atoms. The van der Waals surface area contributed by atoms with Gasteiger partial charge in [-0.15, -0.1) is 0 Å². The second-order valence-electron chi connectivity index (χ2n) is 5.01. The molecular formula is C14H21N3O2. The number of rotatable bonds is 5. The molecule has 0 saturated heterocycles. The van der Waals surface area contributed by atoms with Gasteiger partial charge in [0.1, 0.15) is 0 Å². The van der Waals surface area contributed by atoms with Gasteiger partial charge in [0, 0.05) is 18.3 Å². The van der Waals surface area contributed by atoms with Crippen LogP contribution in [0, 0.1) is 0 Å². The molecule has 3 N–H and O–H groups in total. The van der Waals surface area contributed by atoms with Crippen molar-refractivity contribution >= 4 is 11.6 Å². The van der Waals surface area contributed by atoms with Crippen LogP contribution in [0.15, 0.2) is 18.3 Å². The maximum atomic E-state index is 12.3. The quantitative estimate of drug-likeness (QED) is 0.829. The summed E-state index contributed by atoms with van der Waals surface area (Å²) >= 11 is 0. The molecule has 104 valence electrons. The summed E-state index contributed by atoms with van der Waals surface area (Å²) in [7, 11) is 0. The van der Waals surface area contributed by atoms with Crippen LogP contribution in [0.25, 0.3) is 0 Å². The highest BCUT2D eigenvalue weighted by Crippen LogP contribution is 2.23. The summed E-state index contributed by atoms with van der Waals surface area (Å²) in [5.74, 6) is 0.0400. The van der Waals surface area contributed by atoms with Crippen LogP contribution in [-0.4, -0.2) is 40.1 Å². The number of nitrogens with two attached hydrogens (primary N) is 1. The lowest BCUT2D eigenvalue weighted by atomic mass is 10.1. The Morgan fingerprint density at radius 1 is 1.42 bits per heavy atom. The van der Waals surface area contributed by atoms with Crippen molar-refractivity contribution in [3.8, 4) is 0 Å². The first-order chi connectivity index (χ1) is 9.20. The number of amides is 1. The second kappa shape index (κ2) is 6.52. The number of aliphatic hydroxyl groups excluding tert-OH is 1. The van der Waals surface area contributed by atoms with E-state index in [1.807, 2.05) is 4.90 Å². The monoisotopic (exact) mass is 263 g/mol. The van der Waals surface area contributed by atoms with E-state index < -0.39 is 0 Å². The molecule has 1 aromatic heterocycles. The zero-order valence-corrected chi connectivity index (χ0v) is 11.1. The van der Waals surface area contributed by atoms with E-state index in [-0.39, 0.29) is 25.0 Å². The number of nitrogen functional groups attached to an aromatic ring is 1. The van der Waals surface area contributed by atoms with Crippen LogP contribution < -0.4 is 5.73 Å². The molecule has 0 radical (unpaired) electrons. The summed E-state index contributed by atoms with van der Waals surface area (Å²) in [6.07, 6.45) is 6.26. The molecule has 0 unspecified atom stereocenters. The van der Waals surface area contributed by atoms with Crippen molar-refractivity contribution in [3.63, 3.8) is 0 Å². The highest BCUT2D eigenvalue weighted by molar-refractivity contribution is 5.78. The largest absolute Gasteiger partial charge is 0.397 e. The summed E-state index contributed by atoms with van der Waals surface area (Å²) in [6, 6.07) is 3.81. The van der Waals surface area contributed by atoms with E-state index in [9.17, 15) is 4.79 Å². The van der Waals surface area contributed by atoms with Crippen molar-refractivity contribution in [1.82, 2.24) is 9.88 Å². The molecule has 1 aliphatic carbocycles. The maximum Gasteiger partial charge on any atom is 0.228 e. The van der Waals surface area contributed by atoms with Crippen molar-refractivity contribution in [3.05, 3.63) is 24.0 Å². The topological polar surface area (TPSA) is 79.5 Å². The number of pyridine rings is 1. The molecule has 1 saturated carbocycles. The number of nitrogens with zero attached hydrogens (tertiary/aromatic N) is 2. The van der Waals surface area contributed by atoms with Crippen LogP contribution in [0.5, 0.6) is 0 Å². The van der Waals surface area contributed by atoms with E-state index in [0.717, 1.165) is 18.5 Å². The Morgan fingerprint density at radius 3 is 2.74 bits per heavy atom. The predicted molar refractivity (Wildman–Crippen MR) is 73.4 cm³/mol. The number of hydrogen-bond donors (Lipinski definition) is 2. The normalized spacial score (nSPS) is 15.6. The predicted octanol–water partition coefficient (Wildman–Crippen LogP) is 0.970. The van der Waals surface area contributed by atoms with Crippen LogP contribution in [0.4, 0.5) is 5.69 Å². The van der Waals surface area contributed by atoms with Gasteiger partial charge in [-0.2, -0.15) is 0 Å². The molecule has 2 rings (SSSR count). The van der Waals surface area contributed by atoms with Crippen molar-refractivity contribution in [1.29, 1.82) is 0 Å². The Bertz CT molecular complexity index is 413. The van der Waals surface area contributed by atoms with Crippen molar-refractivity contribution < 1.29 is 9.90 Å². The van der Waals surface area contributed by atoms with Gasteiger partial charge in [0.15, 0.2) is 0 Å². The molecule has 5 nitrogen and oxygen atoms in total. The van der Waals surface area contributed by atoms with E-state index in [1.54, 1.807) is 18.3 Å². The van der Waals surface area contributed by atoms with Gasteiger partial charge in [0.25, 0.3) is 0 Å². The van der Waals surface area contributed by atoms with Gasteiger partial charge in [0.2, 0.25) is 5.91 Å². The van der Waals surface area contributed by atoms with Crippen molar-refractivity contribution in [2.75, 3.05) is 18.9 Å². The molecule has 5 heteroatoms. The molecule has 0 spiro atoms.